The lowest BCUT2D eigenvalue weighted by Crippen LogP contribution is -3.10. The van der Waals surface area contributed by atoms with Crippen LogP contribution in [0.25, 0.3) is 5.57 Å². The van der Waals surface area contributed by atoms with Gasteiger partial charge in [0.1, 0.15) is 5.70 Å². The third-order valence-corrected chi connectivity index (χ3v) is 5.59. The molecule has 0 spiro atoms. The Morgan fingerprint density at radius 1 is 0.846 bits per heavy atom. The van der Waals surface area contributed by atoms with Crippen LogP contribution >= 0.6 is 0 Å². The predicted octanol–water partition coefficient (Wildman–Crippen LogP) is 3.85. The van der Waals surface area contributed by atoms with Crippen LogP contribution in [-0.2, 0) is 6.42 Å². The number of hydrogen-bond acceptors (Lipinski definition) is 1. The third kappa shape index (κ3) is 3.56. The van der Waals surface area contributed by atoms with Gasteiger partial charge in [-0.05, 0) is 49.0 Å². The standard InChI is InChI=1S/C24H25NO/c26-24(19-10-4-3-5-11-19)15-14-22-21-13-7-6-12-20(21)18-23(22)25-16-8-1-2-9-17-25/h3-7,10-15H,1-2,8-9,16-18H2/p+1/b15-14+. The van der Waals surface area contributed by atoms with Gasteiger partial charge in [-0.3, -0.25) is 4.79 Å². The smallest absolute Gasteiger partial charge is 0.185 e. The lowest BCUT2D eigenvalue weighted by Gasteiger charge is -2.18. The molecule has 2 aromatic rings. The van der Waals surface area contributed by atoms with Crippen molar-refractivity contribution >= 4 is 11.4 Å². The number of hydrogen-bond donors (Lipinski definition) is 1. The summed E-state index contributed by atoms with van der Waals surface area (Å²) in [4.78, 5) is 14.2. The second kappa shape index (κ2) is 7.84. The first kappa shape index (κ1) is 17.0. The van der Waals surface area contributed by atoms with Crippen molar-refractivity contribution in [1.82, 2.24) is 0 Å². The molecule has 0 saturated carbocycles. The van der Waals surface area contributed by atoms with Gasteiger partial charge in [0.15, 0.2) is 5.78 Å². The highest BCUT2D eigenvalue weighted by molar-refractivity contribution is 6.06. The first-order valence-electron chi connectivity index (χ1n) is 9.77. The third-order valence-electron chi connectivity index (χ3n) is 5.59. The van der Waals surface area contributed by atoms with Crippen molar-refractivity contribution in [1.29, 1.82) is 0 Å². The maximum Gasteiger partial charge on any atom is 0.185 e. The van der Waals surface area contributed by atoms with Gasteiger partial charge in [0.2, 0.25) is 0 Å². The van der Waals surface area contributed by atoms with E-state index in [0.29, 0.717) is 0 Å². The topological polar surface area (TPSA) is 21.5 Å². The molecule has 1 heterocycles. The van der Waals surface area contributed by atoms with Crippen molar-refractivity contribution < 1.29 is 9.69 Å². The molecule has 0 radical (unpaired) electrons. The van der Waals surface area contributed by atoms with Crippen molar-refractivity contribution in [2.24, 2.45) is 0 Å². The lowest BCUT2D eigenvalue weighted by atomic mass is 10.0. The van der Waals surface area contributed by atoms with E-state index in [9.17, 15) is 4.79 Å². The quantitative estimate of drug-likeness (QED) is 0.660. The van der Waals surface area contributed by atoms with Crippen LogP contribution in [0, 0.1) is 0 Å². The zero-order valence-electron chi connectivity index (χ0n) is 15.2. The number of allylic oxidation sites excluding steroid dienone is 4. The van der Waals surface area contributed by atoms with Crippen LogP contribution in [0.5, 0.6) is 0 Å². The minimum absolute atomic E-state index is 0.0766. The molecule has 1 aliphatic heterocycles. The first-order valence-corrected chi connectivity index (χ1v) is 9.77. The highest BCUT2D eigenvalue weighted by Crippen LogP contribution is 2.31. The van der Waals surface area contributed by atoms with E-state index in [1.165, 1.54) is 61.2 Å². The van der Waals surface area contributed by atoms with Crippen LogP contribution in [0.15, 0.2) is 72.4 Å². The monoisotopic (exact) mass is 344 g/mol. The van der Waals surface area contributed by atoms with E-state index < -0.39 is 0 Å². The molecule has 1 aliphatic carbocycles. The van der Waals surface area contributed by atoms with Crippen molar-refractivity contribution in [3.63, 3.8) is 0 Å². The molecule has 2 heteroatoms. The normalized spacial score (nSPS) is 18.2. The molecule has 0 bridgehead atoms. The summed E-state index contributed by atoms with van der Waals surface area (Å²) in [5.41, 5.74) is 6.19. The fourth-order valence-electron chi connectivity index (χ4n) is 4.21. The SMILES string of the molecule is O=C(/C=C/C1=C([NH+]2CCCCCC2)Cc2ccccc21)c1ccccc1. The Labute approximate surface area is 155 Å². The first-order chi connectivity index (χ1) is 12.8. The number of carbonyl (C=O) groups excluding carboxylic acids is 1. The van der Waals surface area contributed by atoms with Crippen LogP contribution in [0.4, 0.5) is 0 Å². The summed E-state index contributed by atoms with van der Waals surface area (Å²) < 4.78 is 0. The maximum atomic E-state index is 12.5. The molecular weight excluding hydrogens is 318 g/mol. The van der Waals surface area contributed by atoms with E-state index in [4.69, 9.17) is 0 Å². The van der Waals surface area contributed by atoms with Gasteiger partial charge in [-0.1, -0.05) is 54.6 Å². The number of fused-ring (bicyclic) bond motifs is 1. The number of likely N-dealkylation sites (tertiary alicyclic amines) is 1. The highest BCUT2D eigenvalue weighted by Gasteiger charge is 2.28. The molecule has 0 atom stereocenters. The molecule has 1 fully saturated rings. The van der Waals surface area contributed by atoms with Crippen molar-refractivity contribution in [3.05, 3.63) is 89.1 Å². The zero-order valence-corrected chi connectivity index (χ0v) is 15.2. The average Bonchev–Trinajstić information content (AvgIpc) is 2.86. The molecule has 4 rings (SSSR count). The van der Waals surface area contributed by atoms with E-state index in [0.717, 1.165) is 12.0 Å². The molecule has 0 aromatic heterocycles. The summed E-state index contributed by atoms with van der Waals surface area (Å²) in [6.45, 7) is 2.43. The Bertz CT molecular complexity index is 840. The Balaban J connectivity index is 1.66. The van der Waals surface area contributed by atoms with Gasteiger partial charge >= 0.3 is 0 Å². The minimum Gasteiger partial charge on any atom is -0.305 e. The molecule has 0 amide bonds. The molecule has 2 aliphatic rings. The summed E-state index contributed by atoms with van der Waals surface area (Å²) in [6, 6.07) is 18.2. The highest BCUT2D eigenvalue weighted by atomic mass is 16.1. The summed E-state index contributed by atoms with van der Waals surface area (Å²) in [5, 5.41) is 0. The molecule has 26 heavy (non-hydrogen) atoms. The van der Waals surface area contributed by atoms with E-state index in [1.807, 2.05) is 30.3 Å². The van der Waals surface area contributed by atoms with Crippen LogP contribution in [0.3, 0.4) is 0 Å². The summed E-state index contributed by atoms with van der Waals surface area (Å²) in [7, 11) is 0. The van der Waals surface area contributed by atoms with Crippen molar-refractivity contribution in [3.8, 4) is 0 Å². The molecule has 132 valence electrons. The van der Waals surface area contributed by atoms with Crippen molar-refractivity contribution in [2.75, 3.05) is 13.1 Å². The fraction of sp³-hybridized carbons (Fsp3) is 0.292. The number of quaternary nitrogens is 1. The predicted molar refractivity (Wildman–Crippen MR) is 106 cm³/mol. The summed E-state index contributed by atoms with van der Waals surface area (Å²) in [5.74, 6) is 0.0766. The van der Waals surface area contributed by atoms with Crippen LogP contribution in [0.2, 0.25) is 0 Å². The van der Waals surface area contributed by atoms with Gasteiger partial charge in [-0.2, -0.15) is 0 Å². The second-order valence-corrected chi connectivity index (χ2v) is 7.31. The number of ketones is 1. The second-order valence-electron chi connectivity index (χ2n) is 7.31. The fourth-order valence-corrected chi connectivity index (χ4v) is 4.21. The average molecular weight is 344 g/mol. The minimum atomic E-state index is 0.0766. The summed E-state index contributed by atoms with van der Waals surface area (Å²) in [6.07, 6.45) is 10.1. The Morgan fingerprint density at radius 2 is 1.54 bits per heavy atom. The van der Waals surface area contributed by atoms with Gasteiger partial charge in [0.05, 0.1) is 13.1 Å². The molecule has 0 unspecified atom stereocenters. The van der Waals surface area contributed by atoms with Gasteiger partial charge in [-0.25, -0.2) is 0 Å². The molecule has 2 nitrogen and oxygen atoms in total. The number of nitrogens with one attached hydrogen (secondary N) is 1. The van der Waals surface area contributed by atoms with Gasteiger partial charge < -0.3 is 4.90 Å². The number of rotatable bonds is 4. The van der Waals surface area contributed by atoms with E-state index >= 15 is 0 Å². The van der Waals surface area contributed by atoms with E-state index in [2.05, 4.69) is 30.3 Å². The Hall–Kier alpha value is -2.45. The largest absolute Gasteiger partial charge is 0.305 e. The molecule has 1 N–H and O–H groups in total. The number of benzene rings is 2. The van der Waals surface area contributed by atoms with Crippen LogP contribution in [-0.4, -0.2) is 18.9 Å². The molecule has 2 aromatic carbocycles. The van der Waals surface area contributed by atoms with E-state index in [1.54, 1.807) is 11.0 Å². The van der Waals surface area contributed by atoms with Crippen molar-refractivity contribution in [2.45, 2.75) is 32.1 Å². The van der Waals surface area contributed by atoms with Gasteiger partial charge in [0, 0.05) is 17.6 Å². The number of carbonyl (C=O) groups is 1. The molecular formula is C24H26NO+. The zero-order chi connectivity index (χ0) is 17.8. The van der Waals surface area contributed by atoms with Gasteiger partial charge in [0.25, 0.3) is 0 Å². The van der Waals surface area contributed by atoms with Crippen LogP contribution < -0.4 is 4.90 Å². The van der Waals surface area contributed by atoms with Crippen LogP contribution in [0.1, 0.15) is 47.2 Å². The lowest BCUT2D eigenvalue weighted by molar-refractivity contribution is -0.860. The maximum absolute atomic E-state index is 12.5. The molecule has 1 saturated heterocycles. The van der Waals surface area contributed by atoms with Gasteiger partial charge in [-0.15, -0.1) is 0 Å². The Kier molecular flexibility index (Phi) is 5.12. The Morgan fingerprint density at radius 3 is 2.31 bits per heavy atom. The summed E-state index contributed by atoms with van der Waals surface area (Å²) >= 11 is 0. The van der Waals surface area contributed by atoms with E-state index in [-0.39, 0.29) is 5.78 Å².